The number of hydrogen-bond acceptors (Lipinski definition) is 4. The number of nitrogens with one attached hydrogen (secondary N) is 1. The second-order valence-corrected chi connectivity index (χ2v) is 7.42. The summed E-state index contributed by atoms with van der Waals surface area (Å²) in [6, 6.07) is 7.24. The molecule has 0 aromatic heterocycles. The SMILES string of the molecule is CC(C)(CN)c1ccc(NC(=O)CS(C)(=O)=O)cc1. The molecule has 0 radical (unpaired) electrons. The molecule has 1 aromatic rings. The quantitative estimate of drug-likeness (QED) is 0.841. The van der Waals surface area contributed by atoms with Crippen molar-refractivity contribution in [2.45, 2.75) is 19.3 Å². The molecule has 0 atom stereocenters. The van der Waals surface area contributed by atoms with Gasteiger partial charge in [0, 0.05) is 23.9 Å². The first kappa shape index (κ1) is 15.7. The molecule has 19 heavy (non-hydrogen) atoms. The van der Waals surface area contributed by atoms with Gasteiger partial charge in [-0.25, -0.2) is 8.42 Å². The van der Waals surface area contributed by atoms with Crippen LogP contribution in [0.15, 0.2) is 24.3 Å². The molecule has 1 rings (SSSR count). The molecule has 0 aliphatic heterocycles. The van der Waals surface area contributed by atoms with E-state index in [0.717, 1.165) is 11.8 Å². The summed E-state index contributed by atoms with van der Waals surface area (Å²) in [5.74, 6) is -1.04. The number of nitrogens with two attached hydrogens (primary N) is 1. The molecule has 0 aliphatic rings. The maximum atomic E-state index is 11.5. The predicted molar refractivity (Wildman–Crippen MR) is 76.9 cm³/mol. The maximum absolute atomic E-state index is 11.5. The Morgan fingerprint density at radius 1 is 1.26 bits per heavy atom. The minimum absolute atomic E-state index is 0.130. The van der Waals surface area contributed by atoms with Gasteiger partial charge < -0.3 is 11.1 Å². The molecule has 106 valence electrons. The first-order valence-corrected chi connectivity index (χ1v) is 7.98. The lowest BCUT2D eigenvalue weighted by Gasteiger charge is -2.23. The molecule has 6 heteroatoms. The zero-order chi connectivity index (χ0) is 14.7. The Balaban J connectivity index is 2.76. The van der Waals surface area contributed by atoms with Crippen molar-refractivity contribution in [3.05, 3.63) is 29.8 Å². The van der Waals surface area contributed by atoms with Crippen molar-refractivity contribution in [3.63, 3.8) is 0 Å². The van der Waals surface area contributed by atoms with Crippen molar-refractivity contribution in [1.29, 1.82) is 0 Å². The van der Waals surface area contributed by atoms with Gasteiger partial charge >= 0.3 is 0 Å². The van der Waals surface area contributed by atoms with Gasteiger partial charge in [-0.05, 0) is 17.7 Å². The molecular formula is C13H20N2O3S. The summed E-state index contributed by atoms with van der Waals surface area (Å²) >= 11 is 0. The zero-order valence-corrected chi connectivity index (χ0v) is 12.3. The van der Waals surface area contributed by atoms with Crippen LogP contribution in [0.1, 0.15) is 19.4 Å². The topological polar surface area (TPSA) is 89.3 Å². The van der Waals surface area contributed by atoms with E-state index < -0.39 is 21.5 Å². The predicted octanol–water partition coefficient (Wildman–Crippen LogP) is 0.906. The van der Waals surface area contributed by atoms with E-state index in [0.29, 0.717) is 12.2 Å². The molecule has 0 fully saturated rings. The summed E-state index contributed by atoms with van der Waals surface area (Å²) < 4.78 is 22.0. The number of carbonyl (C=O) groups excluding carboxylic acids is 1. The van der Waals surface area contributed by atoms with Crippen molar-refractivity contribution in [2.75, 3.05) is 23.9 Å². The third-order valence-electron chi connectivity index (χ3n) is 2.85. The van der Waals surface area contributed by atoms with Crippen LogP contribution in [-0.2, 0) is 20.0 Å². The fraction of sp³-hybridized carbons (Fsp3) is 0.462. The summed E-state index contributed by atoms with van der Waals surface area (Å²) in [6.45, 7) is 4.58. The third kappa shape index (κ3) is 5.00. The Bertz CT molecular complexity index is 548. The van der Waals surface area contributed by atoms with E-state index in [1.807, 2.05) is 26.0 Å². The molecule has 1 amide bonds. The van der Waals surface area contributed by atoms with Crippen molar-refractivity contribution in [3.8, 4) is 0 Å². The normalized spacial score (nSPS) is 12.2. The van der Waals surface area contributed by atoms with Crippen LogP contribution in [0.5, 0.6) is 0 Å². The van der Waals surface area contributed by atoms with Crippen LogP contribution >= 0.6 is 0 Å². The zero-order valence-electron chi connectivity index (χ0n) is 11.4. The van der Waals surface area contributed by atoms with Crippen LogP contribution in [0, 0.1) is 0 Å². The average Bonchev–Trinajstić information content (AvgIpc) is 2.27. The van der Waals surface area contributed by atoms with Crippen molar-refractivity contribution in [2.24, 2.45) is 5.73 Å². The summed E-state index contributed by atoms with van der Waals surface area (Å²) in [5.41, 5.74) is 7.20. The molecule has 0 heterocycles. The number of benzene rings is 1. The second-order valence-electron chi connectivity index (χ2n) is 5.28. The van der Waals surface area contributed by atoms with Gasteiger partial charge in [0.2, 0.25) is 5.91 Å². The smallest absolute Gasteiger partial charge is 0.239 e. The first-order valence-electron chi connectivity index (χ1n) is 5.92. The number of rotatable bonds is 5. The Morgan fingerprint density at radius 2 is 1.79 bits per heavy atom. The minimum atomic E-state index is -3.31. The van der Waals surface area contributed by atoms with Gasteiger partial charge in [-0.1, -0.05) is 26.0 Å². The highest BCUT2D eigenvalue weighted by atomic mass is 32.2. The Labute approximate surface area is 114 Å². The largest absolute Gasteiger partial charge is 0.330 e. The highest BCUT2D eigenvalue weighted by Gasteiger charge is 2.18. The molecule has 0 saturated carbocycles. The van der Waals surface area contributed by atoms with Crippen LogP contribution in [0.3, 0.4) is 0 Å². The second kappa shape index (κ2) is 5.71. The van der Waals surface area contributed by atoms with Crippen LogP contribution in [-0.4, -0.2) is 32.9 Å². The van der Waals surface area contributed by atoms with Crippen molar-refractivity contribution < 1.29 is 13.2 Å². The molecule has 0 saturated heterocycles. The van der Waals surface area contributed by atoms with Gasteiger partial charge in [-0.15, -0.1) is 0 Å². The van der Waals surface area contributed by atoms with Crippen LogP contribution in [0.2, 0.25) is 0 Å². The maximum Gasteiger partial charge on any atom is 0.239 e. The van der Waals surface area contributed by atoms with Gasteiger partial charge in [0.15, 0.2) is 9.84 Å². The first-order chi connectivity index (χ1) is 8.64. The van der Waals surface area contributed by atoms with E-state index in [2.05, 4.69) is 5.32 Å². The lowest BCUT2D eigenvalue weighted by atomic mass is 9.85. The number of hydrogen-bond donors (Lipinski definition) is 2. The highest BCUT2D eigenvalue weighted by Crippen LogP contribution is 2.23. The average molecular weight is 284 g/mol. The van der Waals surface area contributed by atoms with Crippen molar-refractivity contribution in [1.82, 2.24) is 0 Å². The van der Waals surface area contributed by atoms with E-state index in [-0.39, 0.29) is 5.41 Å². The van der Waals surface area contributed by atoms with Crippen LogP contribution in [0.4, 0.5) is 5.69 Å². The fourth-order valence-corrected chi connectivity index (χ4v) is 2.11. The number of carbonyl (C=O) groups is 1. The molecule has 0 bridgehead atoms. The monoisotopic (exact) mass is 284 g/mol. The summed E-state index contributed by atoms with van der Waals surface area (Å²) in [4.78, 5) is 11.5. The van der Waals surface area contributed by atoms with E-state index in [4.69, 9.17) is 5.73 Å². The fourth-order valence-electron chi connectivity index (χ4n) is 1.56. The van der Waals surface area contributed by atoms with Gasteiger partial charge in [0.25, 0.3) is 0 Å². The highest BCUT2D eigenvalue weighted by molar-refractivity contribution is 7.91. The summed E-state index contributed by atoms with van der Waals surface area (Å²) in [6.07, 6.45) is 1.03. The Kier molecular flexibility index (Phi) is 4.70. The van der Waals surface area contributed by atoms with Gasteiger partial charge in [-0.3, -0.25) is 4.79 Å². The van der Waals surface area contributed by atoms with Gasteiger partial charge in [-0.2, -0.15) is 0 Å². The van der Waals surface area contributed by atoms with E-state index >= 15 is 0 Å². The molecule has 0 unspecified atom stereocenters. The van der Waals surface area contributed by atoms with Gasteiger partial charge in [0.1, 0.15) is 5.75 Å². The Morgan fingerprint density at radius 3 is 2.21 bits per heavy atom. The standard InChI is InChI=1S/C13H20N2O3S/c1-13(2,9-14)10-4-6-11(7-5-10)15-12(16)8-19(3,17)18/h4-7H,8-9,14H2,1-3H3,(H,15,16). The van der Waals surface area contributed by atoms with E-state index in [9.17, 15) is 13.2 Å². The molecule has 3 N–H and O–H groups in total. The lowest BCUT2D eigenvalue weighted by molar-refractivity contribution is -0.113. The van der Waals surface area contributed by atoms with E-state index in [1.54, 1.807) is 12.1 Å². The molecular weight excluding hydrogens is 264 g/mol. The molecule has 1 aromatic carbocycles. The molecule has 0 aliphatic carbocycles. The number of sulfone groups is 1. The van der Waals surface area contributed by atoms with Crippen LogP contribution in [0.25, 0.3) is 0 Å². The summed E-state index contributed by atoms with van der Waals surface area (Å²) in [5, 5.41) is 2.55. The third-order valence-corrected chi connectivity index (χ3v) is 3.64. The molecule has 5 nitrogen and oxygen atoms in total. The summed E-state index contributed by atoms with van der Waals surface area (Å²) in [7, 11) is -3.31. The van der Waals surface area contributed by atoms with Crippen molar-refractivity contribution >= 4 is 21.4 Å². The van der Waals surface area contributed by atoms with Gasteiger partial charge in [0.05, 0.1) is 0 Å². The number of amides is 1. The number of anilines is 1. The lowest BCUT2D eigenvalue weighted by Crippen LogP contribution is -2.28. The minimum Gasteiger partial charge on any atom is -0.330 e. The molecule has 0 spiro atoms. The van der Waals surface area contributed by atoms with E-state index in [1.165, 1.54) is 0 Å². The van der Waals surface area contributed by atoms with Crippen LogP contribution < -0.4 is 11.1 Å². The Hall–Kier alpha value is -1.40.